The summed E-state index contributed by atoms with van der Waals surface area (Å²) in [5.74, 6) is -0.463. The van der Waals surface area contributed by atoms with E-state index in [2.05, 4.69) is 16.1 Å². The average molecular weight is 384 g/mol. The predicted molar refractivity (Wildman–Crippen MR) is 107 cm³/mol. The van der Waals surface area contributed by atoms with Gasteiger partial charge in [0.15, 0.2) is 0 Å². The lowest BCUT2D eigenvalue weighted by Gasteiger charge is -2.12. The normalized spacial score (nSPS) is 11.2. The molecule has 0 aliphatic rings. The van der Waals surface area contributed by atoms with Crippen molar-refractivity contribution in [3.8, 4) is 0 Å². The highest BCUT2D eigenvalue weighted by Gasteiger charge is 2.17. The maximum absolute atomic E-state index is 13.2. The molecule has 0 heterocycles. The molecule has 0 saturated heterocycles. The molecule has 0 aliphatic carbocycles. The molecule has 0 atom stereocenters. The summed E-state index contributed by atoms with van der Waals surface area (Å²) in [6.45, 7) is 4.30. The molecule has 0 aromatic heterocycles. The lowest BCUT2D eigenvalue weighted by Crippen LogP contribution is -2.14. The maximum Gasteiger partial charge on any atom is 0.262 e. The van der Waals surface area contributed by atoms with Gasteiger partial charge in [0.25, 0.3) is 10.0 Å². The van der Waals surface area contributed by atoms with E-state index in [1.807, 2.05) is 37.3 Å². The zero-order valence-corrected chi connectivity index (χ0v) is 16.0. The number of aryl methyl sites for hydroxylation is 2. The van der Waals surface area contributed by atoms with Crippen LogP contribution in [-0.2, 0) is 16.6 Å². The van der Waals surface area contributed by atoms with E-state index in [-0.39, 0.29) is 4.90 Å². The number of nitrogens with one attached hydrogen (secondary N) is 2. The first-order valence-electron chi connectivity index (χ1n) is 8.52. The van der Waals surface area contributed by atoms with E-state index < -0.39 is 15.8 Å². The highest BCUT2D eigenvalue weighted by molar-refractivity contribution is 7.92. The largest absolute Gasteiger partial charge is 0.381 e. The number of hydrogen-bond donors (Lipinski definition) is 2. The van der Waals surface area contributed by atoms with Gasteiger partial charge in [-0.1, -0.05) is 29.8 Å². The second-order valence-corrected chi connectivity index (χ2v) is 8.09. The molecule has 4 nitrogen and oxygen atoms in total. The molecule has 3 aromatic rings. The van der Waals surface area contributed by atoms with Crippen LogP contribution >= 0.6 is 0 Å². The van der Waals surface area contributed by atoms with Crippen molar-refractivity contribution in [2.75, 3.05) is 10.0 Å². The first-order chi connectivity index (χ1) is 12.8. The fraction of sp³-hybridized carbons (Fsp3) is 0.143. The summed E-state index contributed by atoms with van der Waals surface area (Å²) < 4.78 is 40.8. The Hall–Kier alpha value is -2.86. The van der Waals surface area contributed by atoms with E-state index in [1.54, 1.807) is 19.1 Å². The molecule has 0 unspecified atom stereocenters. The number of anilines is 2. The van der Waals surface area contributed by atoms with Gasteiger partial charge < -0.3 is 5.32 Å². The van der Waals surface area contributed by atoms with Gasteiger partial charge in [-0.25, -0.2) is 12.8 Å². The smallest absolute Gasteiger partial charge is 0.262 e. The van der Waals surface area contributed by atoms with Gasteiger partial charge in [0.2, 0.25) is 0 Å². The van der Waals surface area contributed by atoms with Crippen molar-refractivity contribution in [1.82, 2.24) is 0 Å². The van der Waals surface area contributed by atoms with E-state index in [0.717, 1.165) is 11.8 Å². The third-order valence-corrected chi connectivity index (χ3v) is 5.68. The van der Waals surface area contributed by atoms with E-state index in [4.69, 9.17) is 0 Å². The lowest BCUT2D eigenvalue weighted by molar-refractivity contribution is 0.598. The fourth-order valence-corrected chi connectivity index (χ4v) is 4.09. The molecule has 0 saturated carbocycles. The van der Waals surface area contributed by atoms with Crippen LogP contribution < -0.4 is 10.0 Å². The van der Waals surface area contributed by atoms with Gasteiger partial charge in [0.05, 0.1) is 4.90 Å². The minimum absolute atomic E-state index is 0.0607. The molecule has 0 aliphatic heterocycles. The summed E-state index contributed by atoms with van der Waals surface area (Å²) in [5, 5.41) is 3.31. The average Bonchev–Trinajstić information content (AvgIpc) is 2.60. The second-order valence-electron chi connectivity index (χ2n) is 6.44. The topological polar surface area (TPSA) is 58.2 Å². The van der Waals surface area contributed by atoms with Crippen LogP contribution in [0.15, 0.2) is 71.6 Å². The van der Waals surface area contributed by atoms with Crippen LogP contribution in [0.2, 0.25) is 0 Å². The Bertz CT molecular complexity index is 1050. The Morgan fingerprint density at radius 3 is 2.26 bits per heavy atom. The molecule has 3 rings (SSSR count). The molecule has 0 amide bonds. The number of halogens is 1. The lowest BCUT2D eigenvalue weighted by atomic mass is 10.1. The Morgan fingerprint density at radius 1 is 0.889 bits per heavy atom. The maximum atomic E-state index is 13.2. The Balaban J connectivity index is 1.68. The third kappa shape index (κ3) is 4.86. The van der Waals surface area contributed by atoms with E-state index in [9.17, 15) is 12.8 Å². The van der Waals surface area contributed by atoms with Crippen molar-refractivity contribution in [1.29, 1.82) is 0 Å². The summed E-state index contributed by atoms with van der Waals surface area (Å²) in [7, 11) is -3.77. The van der Waals surface area contributed by atoms with Crippen LogP contribution in [0.25, 0.3) is 0 Å². The number of benzene rings is 3. The highest BCUT2D eigenvalue weighted by atomic mass is 32.2. The zero-order valence-electron chi connectivity index (χ0n) is 15.2. The van der Waals surface area contributed by atoms with Crippen LogP contribution in [0.3, 0.4) is 0 Å². The molecule has 0 radical (unpaired) electrons. The minimum atomic E-state index is -3.77. The molecular formula is C21H21FN2O2S. The highest BCUT2D eigenvalue weighted by Crippen LogP contribution is 2.21. The van der Waals surface area contributed by atoms with Gasteiger partial charge in [-0.2, -0.15) is 0 Å². The summed E-state index contributed by atoms with van der Waals surface area (Å²) in [5.41, 5.74) is 4.07. The monoisotopic (exact) mass is 384 g/mol. The van der Waals surface area contributed by atoms with Crippen LogP contribution in [-0.4, -0.2) is 8.42 Å². The van der Waals surface area contributed by atoms with Crippen molar-refractivity contribution >= 4 is 21.4 Å². The Kier molecular flexibility index (Phi) is 5.46. The van der Waals surface area contributed by atoms with Crippen molar-refractivity contribution in [2.24, 2.45) is 0 Å². The Labute approximate surface area is 159 Å². The zero-order chi connectivity index (χ0) is 19.4. The van der Waals surface area contributed by atoms with Crippen LogP contribution in [0.4, 0.5) is 15.8 Å². The first-order valence-corrected chi connectivity index (χ1v) is 10.0. The summed E-state index contributed by atoms with van der Waals surface area (Å²) in [6, 6.07) is 18.8. The van der Waals surface area contributed by atoms with Crippen molar-refractivity contribution in [3.05, 3.63) is 89.2 Å². The van der Waals surface area contributed by atoms with Gasteiger partial charge in [-0.3, -0.25) is 4.72 Å². The van der Waals surface area contributed by atoms with E-state index >= 15 is 0 Å². The van der Waals surface area contributed by atoms with Crippen LogP contribution in [0.5, 0.6) is 0 Å². The van der Waals surface area contributed by atoms with Crippen LogP contribution in [0.1, 0.15) is 16.7 Å². The fourth-order valence-electron chi connectivity index (χ4n) is 2.81. The van der Waals surface area contributed by atoms with Crippen molar-refractivity contribution in [2.45, 2.75) is 25.3 Å². The first kappa shape index (κ1) is 18.9. The van der Waals surface area contributed by atoms with E-state index in [0.29, 0.717) is 17.8 Å². The number of sulfonamides is 1. The van der Waals surface area contributed by atoms with Gasteiger partial charge in [-0.05, 0) is 67.4 Å². The quantitative estimate of drug-likeness (QED) is 0.638. The molecule has 0 spiro atoms. The van der Waals surface area contributed by atoms with Crippen molar-refractivity contribution < 1.29 is 12.8 Å². The predicted octanol–water partition coefficient (Wildman–Crippen LogP) is 4.86. The molecular weight excluding hydrogens is 363 g/mol. The van der Waals surface area contributed by atoms with Gasteiger partial charge in [-0.15, -0.1) is 0 Å². The summed E-state index contributed by atoms with van der Waals surface area (Å²) in [6.07, 6.45) is 0. The second kappa shape index (κ2) is 7.80. The molecule has 0 bridgehead atoms. The van der Waals surface area contributed by atoms with Crippen LogP contribution in [0, 0.1) is 19.7 Å². The number of rotatable bonds is 6. The third-order valence-electron chi connectivity index (χ3n) is 4.14. The van der Waals surface area contributed by atoms with Gasteiger partial charge in [0, 0.05) is 17.9 Å². The summed E-state index contributed by atoms with van der Waals surface area (Å²) >= 11 is 0. The molecule has 27 heavy (non-hydrogen) atoms. The molecule has 6 heteroatoms. The SMILES string of the molecule is Cc1cccc(CNc2ccc(NS(=O)(=O)c3ccc(F)cc3C)cc2)c1. The summed E-state index contributed by atoms with van der Waals surface area (Å²) in [4.78, 5) is 0.0607. The standard InChI is InChI=1S/C21H21FN2O2S/c1-15-4-3-5-17(12-15)14-23-19-7-9-20(10-8-19)24-27(25,26)21-11-6-18(22)13-16(21)2/h3-13,23-24H,14H2,1-2H3. The minimum Gasteiger partial charge on any atom is -0.381 e. The molecule has 0 fully saturated rings. The number of hydrogen-bond acceptors (Lipinski definition) is 3. The molecule has 3 aromatic carbocycles. The van der Waals surface area contributed by atoms with Crippen molar-refractivity contribution in [3.63, 3.8) is 0 Å². The van der Waals surface area contributed by atoms with Gasteiger partial charge >= 0.3 is 0 Å². The molecule has 2 N–H and O–H groups in total. The Morgan fingerprint density at radius 2 is 1.59 bits per heavy atom. The molecule has 140 valence electrons. The van der Waals surface area contributed by atoms with Gasteiger partial charge in [0.1, 0.15) is 5.82 Å². The van der Waals surface area contributed by atoms with E-state index in [1.165, 1.54) is 23.3 Å².